The topological polar surface area (TPSA) is 24.9 Å². The van der Waals surface area contributed by atoms with Crippen LogP contribution in [0.1, 0.15) is 24.2 Å². The molecule has 1 unspecified atom stereocenters. The summed E-state index contributed by atoms with van der Waals surface area (Å²) in [6.45, 7) is 4.17. The third kappa shape index (κ3) is 3.74. The van der Waals surface area contributed by atoms with E-state index in [-0.39, 0.29) is 6.04 Å². The number of anilines is 1. The SMILES string of the molecule is CSc1ccc(C(C)Nc2ccc(Br)nc2C)cc1. The fourth-order valence-electron chi connectivity index (χ4n) is 1.89. The summed E-state index contributed by atoms with van der Waals surface area (Å²) in [4.78, 5) is 5.69. The molecule has 2 nitrogen and oxygen atoms in total. The lowest BCUT2D eigenvalue weighted by Gasteiger charge is -2.17. The van der Waals surface area contributed by atoms with Crippen LogP contribution in [0.25, 0.3) is 0 Å². The predicted octanol–water partition coefficient (Wildman–Crippen LogP) is 5.05. The minimum absolute atomic E-state index is 0.262. The Balaban J connectivity index is 2.13. The largest absolute Gasteiger partial charge is 0.377 e. The number of thioether (sulfide) groups is 1. The van der Waals surface area contributed by atoms with Gasteiger partial charge in [0.05, 0.1) is 11.4 Å². The molecule has 1 aromatic carbocycles. The van der Waals surface area contributed by atoms with E-state index in [1.165, 1.54) is 10.5 Å². The third-order valence-electron chi connectivity index (χ3n) is 3.04. The molecule has 1 atom stereocenters. The summed E-state index contributed by atoms with van der Waals surface area (Å²) in [5, 5.41) is 3.50. The first-order chi connectivity index (χ1) is 9.10. The molecule has 0 fully saturated rings. The van der Waals surface area contributed by atoms with E-state index in [4.69, 9.17) is 0 Å². The number of nitrogens with zero attached hydrogens (tertiary/aromatic N) is 1. The highest BCUT2D eigenvalue weighted by Crippen LogP contribution is 2.24. The van der Waals surface area contributed by atoms with Gasteiger partial charge in [-0.3, -0.25) is 0 Å². The standard InChI is InChI=1S/C15H17BrN2S/c1-10(12-4-6-13(19-3)7-5-12)17-14-8-9-15(16)18-11(14)2/h4-10,17H,1-3H3. The van der Waals surface area contributed by atoms with Crippen LogP contribution in [0, 0.1) is 6.92 Å². The molecule has 4 heteroatoms. The van der Waals surface area contributed by atoms with Gasteiger partial charge in [0.15, 0.2) is 0 Å². The number of hydrogen-bond acceptors (Lipinski definition) is 3. The highest BCUT2D eigenvalue weighted by atomic mass is 79.9. The van der Waals surface area contributed by atoms with Crippen molar-refractivity contribution in [2.75, 3.05) is 11.6 Å². The van der Waals surface area contributed by atoms with E-state index in [0.717, 1.165) is 16.0 Å². The van der Waals surface area contributed by atoms with E-state index >= 15 is 0 Å². The predicted molar refractivity (Wildman–Crippen MR) is 86.9 cm³/mol. The Bertz CT molecular complexity index is 555. The van der Waals surface area contributed by atoms with Crippen LogP contribution in [0.4, 0.5) is 5.69 Å². The van der Waals surface area contributed by atoms with Crippen molar-refractivity contribution in [2.45, 2.75) is 24.8 Å². The van der Waals surface area contributed by atoms with E-state index < -0.39 is 0 Å². The Kier molecular flexibility index (Phi) is 4.88. The molecule has 0 radical (unpaired) electrons. The lowest BCUT2D eigenvalue weighted by atomic mass is 10.1. The first-order valence-electron chi connectivity index (χ1n) is 6.14. The van der Waals surface area contributed by atoms with E-state index in [1.54, 1.807) is 11.8 Å². The lowest BCUT2D eigenvalue weighted by Crippen LogP contribution is -2.08. The summed E-state index contributed by atoms with van der Waals surface area (Å²) in [6, 6.07) is 12.9. The summed E-state index contributed by atoms with van der Waals surface area (Å²) in [7, 11) is 0. The van der Waals surface area contributed by atoms with Crippen LogP contribution in [-0.4, -0.2) is 11.2 Å². The first kappa shape index (κ1) is 14.4. The maximum atomic E-state index is 4.40. The maximum Gasteiger partial charge on any atom is 0.106 e. The number of benzene rings is 1. The van der Waals surface area contributed by atoms with Crippen LogP contribution in [0.15, 0.2) is 45.9 Å². The second-order valence-corrected chi connectivity index (χ2v) is 6.10. The van der Waals surface area contributed by atoms with E-state index in [2.05, 4.69) is 69.7 Å². The molecule has 100 valence electrons. The average molecular weight is 337 g/mol. The van der Waals surface area contributed by atoms with Crippen molar-refractivity contribution in [1.29, 1.82) is 0 Å². The third-order valence-corrected chi connectivity index (χ3v) is 4.22. The highest BCUT2D eigenvalue weighted by Gasteiger charge is 2.07. The molecule has 0 spiro atoms. The van der Waals surface area contributed by atoms with Gasteiger partial charge in [0, 0.05) is 10.9 Å². The summed E-state index contributed by atoms with van der Waals surface area (Å²) in [5.74, 6) is 0. The van der Waals surface area contributed by atoms with Crippen molar-refractivity contribution in [1.82, 2.24) is 4.98 Å². The fourth-order valence-corrected chi connectivity index (χ4v) is 2.70. The van der Waals surface area contributed by atoms with Crippen molar-refractivity contribution in [2.24, 2.45) is 0 Å². The minimum atomic E-state index is 0.262. The average Bonchev–Trinajstić information content (AvgIpc) is 2.42. The Morgan fingerprint density at radius 3 is 2.42 bits per heavy atom. The van der Waals surface area contributed by atoms with Gasteiger partial charge in [-0.2, -0.15) is 0 Å². The number of aromatic nitrogens is 1. The molecule has 0 aliphatic rings. The quantitative estimate of drug-likeness (QED) is 0.624. The monoisotopic (exact) mass is 336 g/mol. The van der Waals surface area contributed by atoms with Crippen molar-refractivity contribution in [3.63, 3.8) is 0 Å². The summed E-state index contributed by atoms with van der Waals surface area (Å²) < 4.78 is 0.868. The molecule has 0 aliphatic carbocycles. The molecule has 2 aromatic rings. The Labute approximate surface area is 127 Å². The molecule has 0 aliphatic heterocycles. The van der Waals surface area contributed by atoms with Crippen molar-refractivity contribution in [3.8, 4) is 0 Å². The molecule has 1 aromatic heterocycles. The smallest absolute Gasteiger partial charge is 0.106 e. The molecular weight excluding hydrogens is 320 g/mol. The van der Waals surface area contributed by atoms with Gasteiger partial charge in [0.25, 0.3) is 0 Å². The second-order valence-electron chi connectivity index (χ2n) is 4.41. The molecule has 1 heterocycles. The number of nitrogens with one attached hydrogen (secondary N) is 1. The van der Waals surface area contributed by atoms with Crippen LogP contribution in [0.2, 0.25) is 0 Å². The summed E-state index contributed by atoms with van der Waals surface area (Å²) in [6.07, 6.45) is 2.09. The van der Waals surface area contributed by atoms with Crippen LogP contribution >= 0.6 is 27.7 Å². The minimum Gasteiger partial charge on any atom is -0.377 e. The zero-order chi connectivity index (χ0) is 13.8. The second kappa shape index (κ2) is 6.44. The Morgan fingerprint density at radius 2 is 1.84 bits per heavy atom. The molecule has 19 heavy (non-hydrogen) atoms. The van der Waals surface area contributed by atoms with Gasteiger partial charge in [-0.1, -0.05) is 12.1 Å². The van der Waals surface area contributed by atoms with Gasteiger partial charge in [-0.05, 0) is 65.9 Å². The molecule has 0 saturated heterocycles. The molecular formula is C15H17BrN2S. The van der Waals surface area contributed by atoms with Crippen molar-refractivity contribution >= 4 is 33.4 Å². The molecule has 0 amide bonds. The summed E-state index contributed by atoms with van der Waals surface area (Å²) >= 11 is 5.14. The van der Waals surface area contributed by atoms with Crippen LogP contribution in [0.5, 0.6) is 0 Å². The Hall–Kier alpha value is -1.00. The molecule has 2 rings (SSSR count). The van der Waals surface area contributed by atoms with Gasteiger partial charge < -0.3 is 5.32 Å². The zero-order valence-electron chi connectivity index (χ0n) is 11.3. The van der Waals surface area contributed by atoms with E-state index in [0.29, 0.717) is 0 Å². The van der Waals surface area contributed by atoms with Gasteiger partial charge in [-0.15, -0.1) is 11.8 Å². The van der Waals surface area contributed by atoms with E-state index in [1.807, 2.05) is 13.0 Å². The van der Waals surface area contributed by atoms with Crippen molar-refractivity contribution in [3.05, 3.63) is 52.3 Å². The number of pyridine rings is 1. The first-order valence-corrected chi connectivity index (χ1v) is 8.15. The van der Waals surface area contributed by atoms with Crippen LogP contribution in [0.3, 0.4) is 0 Å². The molecule has 0 saturated carbocycles. The molecule has 1 N–H and O–H groups in total. The lowest BCUT2D eigenvalue weighted by molar-refractivity contribution is 0.876. The normalized spacial score (nSPS) is 12.2. The van der Waals surface area contributed by atoms with Gasteiger partial charge >= 0.3 is 0 Å². The number of halogens is 1. The van der Waals surface area contributed by atoms with Gasteiger partial charge in [-0.25, -0.2) is 4.98 Å². The van der Waals surface area contributed by atoms with Gasteiger partial charge in [0.1, 0.15) is 4.60 Å². The van der Waals surface area contributed by atoms with Crippen LogP contribution in [-0.2, 0) is 0 Å². The highest BCUT2D eigenvalue weighted by molar-refractivity contribution is 9.10. The molecule has 0 bridgehead atoms. The Morgan fingerprint density at radius 1 is 1.16 bits per heavy atom. The number of hydrogen-bond donors (Lipinski definition) is 1. The fraction of sp³-hybridized carbons (Fsp3) is 0.267. The van der Waals surface area contributed by atoms with Crippen LogP contribution < -0.4 is 5.32 Å². The summed E-state index contributed by atoms with van der Waals surface area (Å²) in [5.41, 5.74) is 3.35. The zero-order valence-corrected chi connectivity index (χ0v) is 13.7. The number of rotatable bonds is 4. The number of aryl methyl sites for hydroxylation is 1. The van der Waals surface area contributed by atoms with Crippen molar-refractivity contribution < 1.29 is 0 Å². The van der Waals surface area contributed by atoms with E-state index in [9.17, 15) is 0 Å². The maximum absolute atomic E-state index is 4.40. The van der Waals surface area contributed by atoms with Gasteiger partial charge in [0.2, 0.25) is 0 Å².